The average molecular weight is 1290 g/mol. The summed E-state index contributed by atoms with van der Waals surface area (Å²) in [5.41, 5.74) is 19.3. The van der Waals surface area contributed by atoms with Crippen molar-refractivity contribution in [2.75, 3.05) is 105 Å². The Morgan fingerprint density at radius 2 is 0.747 bits per heavy atom. The normalized spacial score (nSPS) is 11.3. The predicted octanol–water partition coefficient (Wildman–Crippen LogP) is 16.0. The number of pyridine rings is 2. The molecule has 0 spiro atoms. The number of anilines is 5. The van der Waals surface area contributed by atoms with Gasteiger partial charge >= 0.3 is 0 Å². The monoisotopic (exact) mass is 1290 g/mol. The molecule has 0 saturated carbocycles. The van der Waals surface area contributed by atoms with E-state index in [1.54, 1.807) is 13.3 Å². The summed E-state index contributed by atoms with van der Waals surface area (Å²) in [5.74, 6) is 4.24. The fraction of sp³-hybridized carbons (Fsp3) is 0.375. The van der Waals surface area contributed by atoms with Crippen LogP contribution in [0.25, 0.3) is 48.6 Å². The highest BCUT2D eigenvalue weighted by Gasteiger charge is 2.11. The number of aryl methyl sites for hydroxylation is 2. The number of aliphatic hydroxyl groups is 3. The van der Waals surface area contributed by atoms with Crippen LogP contribution in [0.2, 0.25) is 0 Å². The third-order valence-electron chi connectivity index (χ3n) is 15.3. The molecule has 0 radical (unpaired) electrons. The number of nitrogens with zero attached hydrogens (tertiary/aromatic N) is 10. The number of aliphatic hydroxyl groups excluding tert-OH is 3. The highest BCUT2D eigenvalue weighted by molar-refractivity contribution is 5.72. The van der Waals surface area contributed by atoms with Gasteiger partial charge in [0.15, 0.2) is 0 Å². The van der Waals surface area contributed by atoms with Crippen LogP contribution in [0, 0.1) is 37.5 Å². The van der Waals surface area contributed by atoms with E-state index in [-0.39, 0.29) is 19.8 Å². The summed E-state index contributed by atoms with van der Waals surface area (Å²) in [4.78, 5) is 34.4. The van der Waals surface area contributed by atoms with Gasteiger partial charge in [-0.25, -0.2) is 15.0 Å². The lowest BCUT2D eigenvalue weighted by Gasteiger charge is -2.25. The lowest BCUT2D eigenvalue weighted by molar-refractivity contribution is 0.300. The highest BCUT2D eigenvalue weighted by Crippen LogP contribution is 2.23. The van der Waals surface area contributed by atoms with Gasteiger partial charge < -0.3 is 45.4 Å². The van der Waals surface area contributed by atoms with Gasteiger partial charge in [-0.1, -0.05) is 140 Å². The fourth-order valence-electron chi connectivity index (χ4n) is 9.65. The smallest absolute Gasteiger partial charge is 0.220 e. The molecule has 8 aromatic rings. The van der Waals surface area contributed by atoms with Crippen LogP contribution in [0.5, 0.6) is 5.88 Å². The molecule has 0 amide bonds. The Hall–Kier alpha value is -9.02. The zero-order chi connectivity index (χ0) is 68.7. The Morgan fingerprint density at radius 1 is 0.400 bits per heavy atom. The van der Waals surface area contributed by atoms with E-state index >= 15 is 0 Å². The molecular formula is C80H107N11O4. The summed E-state index contributed by atoms with van der Waals surface area (Å²) in [6.07, 6.45) is 24.3. The number of benzene rings is 4. The first-order valence-electron chi connectivity index (χ1n) is 33.6. The molecule has 4 aromatic heterocycles. The van der Waals surface area contributed by atoms with Crippen molar-refractivity contribution in [2.24, 2.45) is 23.7 Å². The van der Waals surface area contributed by atoms with Gasteiger partial charge in [0.25, 0.3) is 0 Å². The topological polar surface area (TPSA) is 186 Å². The maximum Gasteiger partial charge on any atom is 0.220 e. The number of aromatic nitrogens is 6. The lowest BCUT2D eigenvalue weighted by atomic mass is 10.1. The molecule has 0 aliphatic rings. The number of methoxy groups -OCH3 is 1. The van der Waals surface area contributed by atoms with Crippen LogP contribution >= 0.6 is 0 Å². The Kier molecular flexibility index (Phi) is 34.8. The molecule has 0 aliphatic carbocycles. The Bertz CT molecular complexity index is 3470. The van der Waals surface area contributed by atoms with Crippen molar-refractivity contribution in [3.05, 3.63) is 215 Å². The van der Waals surface area contributed by atoms with E-state index in [4.69, 9.17) is 10.5 Å². The number of hydrogen-bond acceptors (Lipinski definition) is 15. The Labute approximate surface area is 568 Å². The second kappa shape index (κ2) is 43.1. The fourth-order valence-corrected chi connectivity index (χ4v) is 9.65. The maximum atomic E-state index is 9.32. The van der Waals surface area contributed by atoms with Gasteiger partial charge in [-0.2, -0.15) is 4.98 Å². The average Bonchev–Trinajstić information content (AvgIpc) is 1.86. The first-order chi connectivity index (χ1) is 45.8. The molecule has 0 unspecified atom stereocenters. The Morgan fingerprint density at radius 3 is 1.07 bits per heavy atom. The zero-order valence-corrected chi connectivity index (χ0v) is 58.6. The summed E-state index contributed by atoms with van der Waals surface area (Å²) >= 11 is 0. The van der Waals surface area contributed by atoms with Gasteiger partial charge in [-0.05, 0) is 189 Å². The zero-order valence-electron chi connectivity index (χ0n) is 58.6. The van der Waals surface area contributed by atoms with Crippen molar-refractivity contribution in [3.63, 3.8) is 0 Å². The molecule has 0 atom stereocenters. The van der Waals surface area contributed by atoms with Crippen LogP contribution < -0.4 is 30.1 Å². The largest absolute Gasteiger partial charge is 0.481 e. The van der Waals surface area contributed by atoms with Crippen LogP contribution in [0.15, 0.2) is 158 Å². The Balaban J connectivity index is 0.000000230. The maximum absolute atomic E-state index is 9.32. The summed E-state index contributed by atoms with van der Waals surface area (Å²) in [5, 5.41) is 27.9. The second-order valence-electron chi connectivity index (χ2n) is 25.2. The first-order valence-corrected chi connectivity index (χ1v) is 33.6. The number of rotatable bonds is 31. The highest BCUT2D eigenvalue weighted by atomic mass is 16.5. The third-order valence-corrected chi connectivity index (χ3v) is 15.3. The molecular weight excluding hydrogens is 1180 g/mol. The lowest BCUT2D eigenvalue weighted by Crippen LogP contribution is -2.28. The van der Waals surface area contributed by atoms with Crippen molar-refractivity contribution in [1.82, 2.24) is 29.9 Å². The van der Waals surface area contributed by atoms with Crippen LogP contribution in [0.3, 0.4) is 0 Å². The number of nitrogen functional groups attached to an aromatic ring is 1. The number of ether oxygens (including phenoxy) is 1. The molecule has 5 N–H and O–H groups in total. The van der Waals surface area contributed by atoms with Crippen molar-refractivity contribution in [1.29, 1.82) is 0 Å². The van der Waals surface area contributed by atoms with Crippen LogP contribution in [0.4, 0.5) is 28.7 Å². The van der Waals surface area contributed by atoms with Gasteiger partial charge in [-0.15, -0.1) is 0 Å². The van der Waals surface area contributed by atoms with Gasteiger partial charge in [0.1, 0.15) is 5.82 Å². The van der Waals surface area contributed by atoms with Crippen molar-refractivity contribution >= 4 is 77.3 Å². The van der Waals surface area contributed by atoms with E-state index in [2.05, 4.69) is 221 Å². The van der Waals surface area contributed by atoms with Gasteiger partial charge in [0.05, 0.1) is 49.7 Å². The van der Waals surface area contributed by atoms with Crippen molar-refractivity contribution < 1.29 is 20.1 Å². The minimum Gasteiger partial charge on any atom is -0.481 e. The van der Waals surface area contributed by atoms with E-state index in [0.717, 1.165) is 114 Å². The molecule has 4 heterocycles. The SMILES string of the molecule is CC(C)CCN(C)c1ccc(/C=C/c2ccccn2)cc1.CC(C)CCN(CCO)c1ccc(/C=C/c2ccccn2)cc1.COc1cc(/C=C/c2ccc(N(CCO)CCC(C)C)cc2)nc(C)n1.Cc1cc(/C=C/c2ccc(N(CCO)CCC(C)C)cc2)nc(N)n1. The van der Waals surface area contributed by atoms with Crippen LogP contribution in [-0.2, 0) is 0 Å². The van der Waals surface area contributed by atoms with Crippen molar-refractivity contribution in [2.45, 2.75) is 94.9 Å². The first kappa shape index (κ1) is 76.7. The number of nitrogens with two attached hydrogens (primary N) is 1. The minimum absolute atomic E-state index is 0.161. The summed E-state index contributed by atoms with van der Waals surface area (Å²) in [6.45, 7) is 28.1. The molecule has 0 aliphatic heterocycles. The van der Waals surface area contributed by atoms with Crippen LogP contribution in [0.1, 0.15) is 138 Å². The number of hydrogen-bond donors (Lipinski definition) is 4. The van der Waals surface area contributed by atoms with E-state index < -0.39 is 0 Å². The third kappa shape index (κ3) is 30.7. The van der Waals surface area contributed by atoms with Gasteiger partial charge in [0.2, 0.25) is 11.8 Å². The van der Waals surface area contributed by atoms with E-state index in [1.165, 1.54) is 17.7 Å². The van der Waals surface area contributed by atoms with Gasteiger partial charge in [0, 0.05) is 99.8 Å². The quantitative estimate of drug-likeness (QED) is 0.0321. The molecule has 15 nitrogen and oxygen atoms in total. The van der Waals surface area contributed by atoms with Gasteiger partial charge in [-0.3, -0.25) is 9.97 Å². The van der Waals surface area contributed by atoms with E-state index in [9.17, 15) is 15.3 Å². The van der Waals surface area contributed by atoms with E-state index in [0.29, 0.717) is 55.0 Å². The van der Waals surface area contributed by atoms with E-state index in [1.807, 2.05) is 105 Å². The molecule has 506 valence electrons. The van der Waals surface area contributed by atoms with Crippen molar-refractivity contribution in [3.8, 4) is 5.88 Å². The second-order valence-corrected chi connectivity index (χ2v) is 25.2. The van der Waals surface area contributed by atoms with Crippen LogP contribution in [-0.4, -0.2) is 125 Å². The molecule has 15 heteroatoms. The molecule has 0 fully saturated rings. The predicted molar refractivity (Wildman–Crippen MR) is 403 cm³/mol. The molecule has 0 saturated heterocycles. The minimum atomic E-state index is 0.161. The molecule has 8 rings (SSSR count). The molecule has 95 heavy (non-hydrogen) atoms. The standard InChI is InChI=1S/C21H29N3O2.C20H28N4O.C20H26N2O.C19H24N2/c1-16(2)11-12-24(13-14-25)20-9-6-18(7-10-20)5-8-19-15-21(26-4)23-17(3)22-19;1-15(2)10-11-24(12-13-25)19-8-5-17(6-9-19)4-7-18-14-16(3)22-20(21)23-18;1-17(2)12-14-22(15-16-23)20-10-7-18(8-11-20)6-9-19-5-3-4-13-21-19;1-16(2)13-15-21(3)19-11-8-17(9-12-19)7-10-18-6-4-5-14-20-18/h5-10,15-16,25H,11-14H2,1-4H3;4-9,14-15,25H,10-13H2,1-3H3,(H2,21,22,23);3-11,13,17,23H,12,14-16H2,1-2H3;4-12,14,16H,13,15H2,1-3H3/b8-5+;7-4+;9-6+;10-7+. The summed E-state index contributed by atoms with van der Waals surface area (Å²) in [7, 11) is 3.76. The summed E-state index contributed by atoms with van der Waals surface area (Å²) < 4.78 is 5.18. The summed E-state index contributed by atoms with van der Waals surface area (Å²) in [6, 6.07) is 49.3. The molecule has 4 aromatic carbocycles. The molecule has 0 bridgehead atoms.